The quantitative estimate of drug-likeness (QED) is 0.809. The highest BCUT2D eigenvalue weighted by atomic mass is 32.1. The van der Waals surface area contributed by atoms with Gasteiger partial charge in [0, 0.05) is 17.5 Å². The van der Waals surface area contributed by atoms with Gasteiger partial charge in [-0.1, -0.05) is 13.8 Å². The summed E-state index contributed by atoms with van der Waals surface area (Å²) in [6, 6.07) is 0.780. The zero-order chi connectivity index (χ0) is 12.3. The lowest BCUT2D eigenvalue weighted by Crippen LogP contribution is -2.21. The number of hydrogen-bond donors (Lipinski definition) is 1. The van der Waals surface area contributed by atoms with Crippen molar-refractivity contribution in [1.29, 1.82) is 0 Å². The third kappa shape index (κ3) is 3.76. The molecule has 3 nitrogen and oxygen atoms in total. The molecular formula is C13H23N3S. The molecule has 1 aliphatic rings. The van der Waals surface area contributed by atoms with E-state index in [0.29, 0.717) is 0 Å². The highest BCUT2D eigenvalue weighted by Crippen LogP contribution is 2.23. The smallest absolute Gasteiger partial charge is 0.107 e. The van der Waals surface area contributed by atoms with E-state index < -0.39 is 0 Å². The van der Waals surface area contributed by atoms with Crippen molar-refractivity contribution in [3.8, 4) is 0 Å². The van der Waals surface area contributed by atoms with Crippen LogP contribution in [0.2, 0.25) is 0 Å². The lowest BCUT2D eigenvalue weighted by Gasteiger charge is -2.15. The molecular weight excluding hydrogens is 230 g/mol. The van der Waals surface area contributed by atoms with Gasteiger partial charge in [-0.25, -0.2) is 4.98 Å². The molecule has 0 atom stereocenters. The average molecular weight is 253 g/mol. The van der Waals surface area contributed by atoms with E-state index in [9.17, 15) is 0 Å². The first-order chi connectivity index (χ1) is 8.22. The molecule has 1 fully saturated rings. The fraction of sp³-hybridized carbons (Fsp3) is 0.769. The van der Waals surface area contributed by atoms with Crippen molar-refractivity contribution < 1.29 is 0 Å². The normalized spacial score (nSPS) is 15.8. The highest BCUT2D eigenvalue weighted by Gasteiger charge is 2.21. The Hall–Kier alpha value is -0.450. The second kappa shape index (κ2) is 5.94. The molecule has 17 heavy (non-hydrogen) atoms. The summed E-state index contributed by atoms with van der Waals surface area (Å²) in [6.07, 6.45) is 2.70. The van der Waals surface area contributed by atoms with Crippen molar-refractivity contribution in [3.05, 3.63) is 15.6 Å². The Morgan fingerprint density at radius 3 is 2.65 bits per heavy atom. The van der Waals surface area contributed by atoms with Crippen molar-refractivity contribution in [2.24, 2.45) is 0 Å². The summed E-state index contributed by atoms with van der Waals surface area (Å²) in [4.78, 5) is 8.51. The summed E-state index contributed by atoms with van der Waals surface area (Å²) < 4.78 is 0. The van der Waals surface area contributed by atoms with Gasteiger partial charge in [-0.2, -0.15) is 0 Å². The minimum absolute atomic E-state index is 0.780. The highest BCUT2D eigenvalue weighted by molar-refractivity contribution is 7.11. The summed E-state index contributed by atoms with van der Waals surface area (Å²) in [5.41, 5.74) is 1.21. The Balaban J connectivity index is 1.91. The minimum atomic E-state index is 0.780. The lowest BCUT2D eigenvalue weighted by molar-refractivity contribution is 0.295. The summed E-state index contributed by atoms with van der Waals surface area (Å²) >= 11 is 1.87. The predicted octanol–water partition coefficient (Wildman–Crippen LogP) is 2.55. The van der Waals surface area contributed by atoms with Gasteiger partial charge in [-0.15, -0.1) is 11.3 Å². The third-order valence-corrected chi connectivity index (χ3v) is 4.46. The molecule has 1 saturated carbocycles. The van der Waals surface area contributed by atoms with Crippen LogP contribution in [0.5, 0.6) is 0 Å². The molecule has 0 aliphatic heterocycles. The summed E-state index contributed by atoms with van der Waals surface area (Å²) in [5.74, 6) is 0. The van der Waals surface area contributed by atoms with Crippen LogP contribution in [0.25, 0.3) is 0 Å². The lowest BCUT2D eigenvalue weighted by atomic mass is 10.4. The van der Waals surface area contributed by atoms with Crippen LogP contribution >= 0.6 is 11.3 Å². The van der Waals surface area contributed by atoms with E-state index in [1.165, 1.54) is 28.4 Å². The number of nitrogens with zero attached hydrogens (tertiary/aromatic N) is 2. The largest absolute Gasteiger partial charge is 0.309 e. The zero-order valence-electron chi connectivity index (χ0n) is 11.1. The summed E-state index contributed by atoms with van der Waals surface area (Å²) in [6.45, 7) is 10.8. The van der Waals surface area contributed by atoms with E-state index in [1.807, 2.05) is 11.3 Å². The van der Waals surface area contributed by atoms with Crippen molar-refractivity contribution in [2.45, 2.75) is 52.7 Å². The van der Waals surface area contributed by atoms with E-state index in [4.69, 9.17) is 0 Å². The van der Waals surface area contributed by atoms with Crippen LogP contribution in [0, 0.1) is 6.92 Å². The zero-order valence-corrected chi connectivity index (χ0v) is 11.9. The van der Waals surface area contributed by atoms with Crippen LogP contribution in [0.3, 0.4) is 0 Å². The Morgan fingerprint density at radius 2 is 2.06 bits per heavy atom. The van der Waals surface area contributed by atoms with E-state index in [0.717, 1.165) is 32.2 Å². The van der Waals surface area contributed by atoms with Gasteiger partial charge in [0.15, 0.2) is 0 Å². The number of aromatic nitrogens is 1. The summed E-state index contributed by atoms with van der Waals surface area (Å²) in [7, 11) is 0. The van der Waals surface area contributed by atoms with Gasteiger partial charge in [-0.3, -0.25) is 4.90 Å². The molecule has 1 aromatic rings. The molecule has 1 aliphatic carbocycles. The average Bonchev–Trinajstić information content (AvgIpc) is 3.09. The molecule has 1 aromatic heterocycles. The monoisotopic (exact) mass is 253 g/mol. The molecule has 0 amide bonds. The molecule has 96 valence electrons. The van der Waals surface area contributed by atoms with Crippen LogP contribution in [0.15, 0.2) is 0 Å². The van der Waals surface area contributed by atoms with Gasteiger partial charge in [0.25, 0.3) is 0 Å². The molecule has 4 heteroatoms. The number of thiazole rings is 1. The van der Waals surface area contributed by atoms with E-state index in [2.05, 4.69) is 36.0 Å². The van der Waals surface area contributed by atoms with Crippen LogP contribution in [-0.4, -0.2) is 29.0 Å². The SMILES string of the molecule is CCN(CC)Cc1nc(C)c(CNC2CC2)s1. The first kappa shape index (κ1) is 13.0. The second-order valence-electron chi connectivity index (χ2n) is 4.73. The standard InChI is InChI=1S/C13H23N3S/c1-4-16(5-2)9-13-15-10(3)12(17-13)8-14-11-6-7-11/h11,14H,4-9H2,1-3H3. The van der Waals surface area contributed by atoms with Crippen LogP contribution in [0.1, 0.15) is 42.3 Å². The maximum atomic E-state index is 4.68. The first-order valence-corrected chi connectivity index (χ1v) is 7.45. The second-order valence-corrected chi connectivity index (χ2v) is 5.90. The van der Waals surface area contributed by atoms with Crippen molar-refractivity contribution in [2.75, 3.05) is 13.1 Å². The van der Waals surface area contributed by atoms with Gasteiger partial charge in [0.05, 0.1) is 12.2 Å². The molecule has 0 saturated heterocycles. The number of hydrogen-bond acceptors (Lipinski definition) is 4. The Morgan fingerprint density at radius 1 is 1.35 bits per heavy atom. The number of nitrogens with one attached hydrogen (secondary N) is 1. The van der Waals surface area contributed by atoms with Gasteiger partial charge < -0.3 is 5.32 Å². The molecule has 1 heterocycles. The fourth-order valence-corrected chi connectivity index (χ4v) is 2.95. The topological polar surface area (TPSA) is 28.2 Å². The van der Waals surface area contributed by atoms with Crippen LogP contribution < -0.4 is 5.32 Å². The molecule has 1 N–H and O–H groups in total. The maximum absolute atomic E-state index is 4.68. The fourth-order valence-electron chi connectivity index (χ4n) is 1.88. The van der Waals surface area contributed by atoms with E-state index in [1.54, 1.807) is 0 Å². The molecule has 0 unspecified atom stereocenters. The third-order valence-electron chi connectivity index (χ3n) is 3.32. The first-order valence-electron chi connectivity index (χ1n) is 6.63. The van der Waals surface area contributed by atoms with Gasteiger partial charge in [-0.05, 0) is 32.9 Å². The number of rotatable bonds is 7. The van der Waals surface area contributed by atoms with Gasteiger partial charge in [0.1, 0.15) is 5.01 Å². The Kier molecular flexibility index (Phi) is 4.54. The van der Waals surface area contributed by atoms with Crippen LogP contribution in [0.4, 0.5) is 0 Å². The Labute approximate surface area is 108 Å². The number of aryl methyl sites for hydroxylation is 1. The van der Waals surface area contributed by atoms with Crippen LogP contribution in [-0.2, 0) is 13.1 Å². The molecule has 0 radical (unpaired) electrons. The van der Waals surface area contributed by atoms with Gasteiger partial charge in [0.2, 0.25) is 0 Å². The molecule has 0 bridgehead atoms. The van der Waals surface area contributed by atoms with Crippen molar-refractivity contribution in [1.82, 2.24) is 15.2 Å². The Bertz CT molecular complexity index is 354. The molecule has 0 aromatic carbocycles. The van der Waals surface area contributed by atoms with Crippen molar-refractivity contribution >= 4 is 11.3 Å². The van der Waals surface area contributed by atoms with E-state index >= 15 is 0 Å². The van der Waals surface area contributed by atoms with Gasteiger partial charge >= 0.3 is 0 Å². The van der Waals surface area contributed by atoms with Crippen molar-refractivity contribution in [3.63, 3.8) is 0 Å². The maximum Gasteiger partial charge on any atom is 0.107 e. The van der Waals surface area contributed by atoms with E-state index in [-0.39, 0.29) is 0 Å². The molecule has 0 spiro atoms. The molecule has 2 rings (SSSR count). The minimum Gasteiger partial charge on any atom is -0.309 e. The summed E-state index contributed by atoms with van der Waals surface area (Å²) in [5, 5.41) is 4.83. The predicted molar refractivity (Wildman–Crippen MR) is 73.3 cm³/mol.